The highest BCUT2D eigenvalue weighted by atomic mass is 19.4. The van der Waals surface area contributed by atoms with Gasteiger partial charge in [0.1, 0.15) is 18.0 Å². The summed E-state index contributed by atoms with van der Waals surface area (Å²) >= 11 is 0. The third-order valence-electron chi connectivity index (χ3n) is 2.95. The fourth-order valence-corrected chi connectivity index (χ4v) is 1.87. The Bertz CT molecular complexity index is 743. The van der Waals surface area contributed by atoms with Gasteiger partial charge in [0.15, 0.2) is 11.6 Å². The van der Waals surface area contributed by atoms with E-state index in [1.165, 1.54) is 12.1 Å². The van der Waals surface area contributed by atoms with E-state index in [0.29, 0.717) is 0 Å². The second kappa shape index (κ2) is 6.23. The normalized spacial score (nSPS) is 11.3. The van der Waals surface area contributed by atoms with Crippen molar-refractivity contribution in [1.29, 1.82) is 0 Å². The summed E-state index contributed by atoms with van der Waals surface area (Å²) in [7, 11) is 0. The lowest BCUT2D eigenvalue weighted by Gasteiger charge is -2.11. The van der Waals surface area contributed by atoms with Gasteiger partial charge in [-0.1, -0.05) is 12.1 Å². The van der Waals surface area contributed by atoms with Crippen molar-refractivity contribution in [2.24, 2.45) is 5.73 Å². The number of ether oxygens (including phenoxy) is 1. The van der Waals surface area contributed by atoms with Crippen molar-refractivity contribution in [3.8, 4) is 5.75 Å². The number of rotatable bonds is 4. The minimum atomic E-state index is -4.52. The molecule has 0 spiro atoms. The maximum Gasteiger partial charge on any atom is 0.416 e. The quantitative estimate of drug-likeness (QED) is 0.869. The molecule has 8 heteroatoms. The summed E-state index contributed by atoms with van der Waals surface area (Å²) in [5.74, 6) is -4.26. The molecule has 0 bridgehead atoms. The molecule has 0 fully saturated rings. The van der Waals surface area contributed by atoms with Crippen molar-refractivity contribution in [3.05, 3.63) is 64.7 Å². The number of carbonyl (C=O) groups excluding carboxylic acids is 1. The Morgan fingerprint density at radius 3 is 2.43 bits per heavy atom. The Hall–Kier alpha value is -2.64. The van der Waals surface area contributed by atoms with Gasteiger partial charge in [-0.25, -0.2) is 8.78 Å². The van der Waals surface area contributed by atoms with Crippen molar-refractivity contribution in [3.63, 3.8) is 0 Å². The molecule has 0 unspecified atom stereocenters. The molecule has 3 nitrogen and oxygen atoms in total. The van der Waals surface area contributed by atoms with Crippen LogP contribution in [0.1, 0.15) is 21.5 Å². The Balaban J connectivity index is 2.22. The summed E-state index contributed by atoms with van der Waals surface area (Å²) in [5, 5.41) is 0. The molecule has 122 valence electrons. The van der Waals surface area contributed by atoms with E-state index in [-0.39, 0.29) is 5.56 Å². The zero-order valence-electron chi connectivity index (χ0n) is 11.5. The fraction of sp³-hybridized carbons (Fsp3) is 0.133. The Labute approximate surface area is 127 Å². The summed E-state index contributed by atoms with van der Waals surface area (Å²) in [5.41, 5.74) is 3.14. The number of hydrogen-bond donors (Lipinski definition) is 1. The molecule has 0 heterocycles. The number of nitrogens with two attached hydrogens (primary N) is 1. The molecule has 0 aliphatic carbocycles. The average Bonchev–Trinajstić information content (AvgIpc) is 2.45. The van der Waals surface area contributed by atoms with E-state index in [2.05, 4.69) is 0 Å². The molecule has 2 rings (SSSR count). The van der Waals surface area contributed by atoms with Crippen LogP contribution in [0.5, 0.6) is 5.75 Å². The molecule has 23 heavy (non-hydrogen) atoms. The van der Waals surface area contributed by atoms with Crippen LogP contribution in [0.3, 0.4) is 0 Å². The average molecular weight is 331 g/mol. The highest BCUT2D eigenvalue weighted by Crippen LogP contribution is 2.30. The van der Waals surface area contributed by atoms with Gasteiger partial charge >= 0.3 is 6.18 Å². The van der Waals surface area contributed by atoms with E-state index in [1.54, 1.807) is 0 Å². The topological polar surface area (TPSA) is 52.3 Å². The molecule has 0 aliphatic heterocycles. The highest BCUT2D eigenvalue weighted by molar-refractivity contribution is 5.93. The zero-order valence-corrected chi connectivity index (χ0v) is 11.5. The molecular formula is C15H10F5NO2. The van der Waals surface area contributed by atoms with Crippen LogP contribution in [0.25, 0.3) is 0 Å². The van der Waals surface area contributed by atoms with Crippen LogP contribution in [-0.2, 0) is 12.8 Å². The first-order chi connectivity index (χ1) is 10.7. The first kappa shape index (κ1) is 16.7. The maximum absolute atomic E-state index is 13.9. The number of carbonyl (C=O) groups is 1. The minimum absolute atomic E-state index is 0.129. The smallest absolute Gasteiger partial charge is 0.416 e. The van der Waals surface area contributed by atoms with Crippen LogP contribution >= 0.6 is 0 Å². The van der Waals surface area contributed by atoms with E-state index in [9.17, 15) is 26.7 Å². The maximum atomic E-state index is 13.9. The Morgan fingerprint density at radius 2 is 1.83 bits per heavy atom. The van der Waals surface area contributed by atoms with E-state index >= 15 is 0 Å². The third kappa shape index (κ3) is 3.77. The molecule has 0 saturated heterocycles. The van der Waals surface area contributed by atoms with Crippen molar-refractivity contribution < 1.29 is 31.5 Å². The molecule has 1 amide bonds. The van der Waals surface area contributed by atoms with E-state index in [0.717, 1.165) is 24.3 Å². The molecule has 2 aromatic carbocycles. The standard InChI is InChI=1S/C15H10F5NO2/c16-10-4-5-11(13(17)12(10)14(21)22)23-7-8-2-1-3-9(6-8)15(18,19)20/h1-6H,7H2,(H2,21,22). The van der Waals surface area contributed by atoms with Gasteiger partial charge < -0.3 is 10.5 Å². The van der Waals surface area contributed by atoms with Crippen molar-refractivity contribution in [2.75, 3.05) is 0 Å². The van der Waals surface area contributed by atoms with Crippen LogP contribution < -0.4 is 10.5 Å². The number of benzene rings is 2. The summed E-state index contributed by atoms with van der Waals surface area (Å²) in [6, 6.07) is 5.96. The largest absolute Gasteiger partial charge is 0.486 e. The van der Waals surface area contributed by atoms with Gasteiger partial charge in [-0.05, 0) is 29.8 Å². The second-order valence-electron chi connectivity index (χ2n) is 4.59. The number of halogens is 5. The van der Waals surface area contributed by atoms with Gasteiger partial charge in [-0.3, -0.25) is 4.79 Å². The molecule has 0 radical (unpaired) electrons. The third-order valence-corrected chi connectivity index (χ3v) is 2.95. The first-order valence-electron chi connectivity index (χ1n) is 6.27. The van der Waals surface area contributed by atoms with Crippen molar-refractivity contribution >= 4 is 5.91 Å². The van der Waals surface area contributed by atoms with E-state index in [4.69, 9.17) is 10.5 Å². The predicted molar refractivity (Wildman–Crippen MR) is 70.7 cm³/mol. The lowest BCUT2D eigenvalue weighted by Crippen LogP contribution is -2.16. The van der Waals surface area contributed by atoms with Gasteiger partial charge in [0.05, 0.1) is 5.56 Å². The first-order valence-corrected chi connectivity index (χ1v) is 6.27. The summed E-state index contributed by atoms with van der Waals surface area (Å²) < 4.78 is 70.0. The van der Waals surface area contributed by atoms with Crippen molar-refractivity contribution in [2.45, 2.75) is 12.8 Å². The molecule has 2 aromatic rings. The van der Waals surface area contributed by atoms with Crippen molar-refractivity contribution in [1.82, 2.24) is 0 Å². The predicted octanol–water partition coefficient (Wildman–Crippen LogP) is 3.66. The number of hydrogen-bond acceptors (Lipinski definition) is 2. The Morgan fingerprint density at radius 1 is 1.13 bits per heavy atom. The van der Waals surface area contributed by atoms with Crippen LogP contribution in [0.2, 0.25) is 0 Å². The lowest BCUT2D eigenvalue weighted by molar-refractivity contribution is -0.137. The van der Waals surface area contributed by atoms with E-state index in [1.807, 2.05) is 0 Å². The SMILES string of the molecule is NC(=O)c1c(F)ccc(OCc2cccc(C(F)(F)F)c2)c1F. The van der Waals surface area contributed by atoms with Gasteiger partial charge in [0.25, 0.3) is 5.91 Å². The molecular weight excluding hydrogens is 321 g/mol. The van der Waals surface area contributed by atoms with Crippen LogP contribution in [0, 0.1) is 11.6 Å². The van der Waals surface area contributed by atoms with Gasteiger partial charge in [0, 0.05) is 0 Å². The van der Waals surface area contributed by atoms with Crippen LogP contribution in [0.4, 0.5) is 22.0 Å². The second-order valence-corrected chi connectivity index (χ2v) is 4.59. The van der Waals surface area contributed by atoms with Gasteiger partial charge in [-0.15, -0.1) is 0 Å². The monoisotopic (exact) mass is 331 g/mol. The van der Waals surface area contributed by atoms with Crippen LogP contribution in [0.15, 0.2) is 36.4 Å². The molecule has 2 N–H and O–H groups in total. The number of amides is 1. The summed E-state index contributed by atoms with van der Waals surface area (Å²) in [6.45, 7) is -0.398. The van der Waals surface area contributed by atoms with Gasteiger partial charge in [0.2, 0.25) is 0 Å². The fourth-order valence-electron chi connectivity index (χ4n) is 1.87. The molecule has 0 aromatic heterocycles. The lowest BCUT2D eigenvalue weighted by atomic mass is 10.1. The summed E-state index contributed by atoms with van der Waals surface area (Å²) in [6.07, 6.45) is -4.52. The highest BCUT2D eigenvalue weighted by Gasteiger charge is 2.30. The minimum Gasteiger partial charge on any atom is -0.486 e. The number of alkyl halides is 3. The number of primary amides is 1. The zero-order chi connectivity index (χ0) is 17.2. The van der Waals surface area contributed by atoms with Crippen LogP contribution in [-0.4, -0.2) is 5.91 Å². The Kier molecular flexibility index (Phi) is 4.53. The molecule has 0 aliphatic rings. The molecule has 0 atom stereocenters. The van der Waals surface area contributed by atoms with Gasteiger partial charge in [-0.2, -0.15) is 13.2 Å². The van der Waals surface area contributed by atoms with E-state index < -0.39 is 47.2 Å². The molecule has 0 saturated carbocycles. The summed E-state index contributed by atoms with van der Waals surface area (Å²) in [4.78, 5) is 11.0.